The van der Waals surface area contributed by atoms with E-state index in [9.17, 15) is 19.2 Å². The van der Waals surface area contributed by atoms with Crippen molar-refractivity contribution >= 4 is 40.0 Å². The van der Waals surface area contributed by atoms with Gasteiger partial charge in [0.05, 0.1) is 50.8 Å². The fourth-order valence-electron chi connectivity index (χ4n) is 8.09. The van der Waals surface area contributed by atoms with Crippen molar-refractivity contribution in [2.45, 2.75) is 130 Å². The van der Waals surface area contributed by atoms with Crippen LogP contribution in [0, 0.1) is 34.0 Å². The normalized spacial score (nSPS) is 29.8. The van der Waals surface area contributed by atoms with Crippen molar-refractivity contribution < 1.29 is 38.1 Å². The SMILES string of the molecule is CCC(C)(CC(C)(CC(C)(CC)C(=O)OC([Si](C)(C)C)[Si](C)(C)C)C(=O)OC1C2CC3C(=O)OC1C3C2)C(=O)OC. The van der Waals surface area contributed by atoms with Gasteiger partial charge in [0.15, 0.2) is 0 Å². The van der Waals surface area contributed by atoms with Gasteiger partial charge < -0.3 is 18.9 Å². The summed E-state index contributed by atoms with van der Waals surface area (Å²) in [4.78, 5) is 53.6. The maximum atomic E-state index is 14.3. The van der Waals surface area contributed by atoms with Gasteiger partial charge in [0.2, 0.25) is 0 Å². The molecule has 8 unspecified atom stereocenters. The molecule has 2 bridgehead atoms. The van der Waals surface area contributed by atoms with E-state index in [1.165, 1.54) is 7.11 Å². The average molecular weight is 611 g/mol. The Hall–Kier alpha value is -1.69. The summed E-state index contributed by atoms with van der Waals surface area (Å²) in [6.45, 7) is 22.7. The molecule has 2 saturated carbocycles. The molecule has 3 aliphatic rings. The second kappa shape index (κ2) is 11.4. The number of methoxy groups -OCH3 is 1. The zero-order chi connectivity index (χ0) is 31.3. The molecule has 2 aliphatic carbocycles. The van der Waals surface area contributed by atoms with Crippen molar-refractivity contribution in [1.82, 2.24) is 0 Å². The molecule has 1 saturated heterocycles. The van der Waals surface area contributed by atoms with Gasteiger partial charge >= 0.3 is 23.9 Å². The predicted octanol–water partition coefficient (Wildman–Crippen LogP) is 5.94. The maximum absolute atomic E-state index is 14.3. The number of esters is 4. The highest BCUT2D eigenvalue weighted by Crippen LogP contribution is 2.56. The van der Waals surface area contributed by atoms with Crippen molar-refractivity contribution in [2.24, 2.45) is 34.0 Å². The number of hydrogen-bond donors (Lipinski definition) is 0. The first kappa shape index (κ1) is 33.8. The summed E-state index contributed by atoms with van der Waals surface area (Å²) in [5.41, 5.74) is -3.13. The molecule has 10 heteroatoms. The molecule has 0 aromatic carbocycles. The topological polar surface area (TPSA) is 105 Å². The second-order valence-corrected chi connectivity index (χ2v) is 27.1. The standard InChI is InChI=1S/C31H54O8Si2/c1-13-29(3,25(33)36-6)17-31(5,27(35)38-22-19-15-20-21(16-19)24(32)37-23(20)22)18-30(4,14-2)26(34)39-28(40(7,8)9)41(10,11)12/h19-23,28H,13-18H2,1-12H3. The smallest absolute Gasteiger partial charge is 0.312 e. The number of hydrogen-bond acceptors (Lipinski definition) is 8. The number of carbonyl (C=O) groups is 4. The Morgan fingerprint density at radius 1 is 0.854 bits per heavy atom. The molecule has 1 heterocycles. The van der Waals surface area contributed by atoms with Crippen molar-refractivity contribution in [3.8, 4) is 0 Å². The minimum absolute atomic E-state index is 0.0819. The van der Waals surface area contributed by atoms with Crippen LogP contribution in [0.3, 0.4) is 0 Å². The van der Waals surface area contributed by atoms with Gasteiger partial charge in [0, 0.05) is 11.8 Å². The Balaban J connectivity index is 1.95. The minimum Gasteiger partial charge on any atom is -0.470 e. The zero-order valence-electron chi connectivity index (χ0n) is 27.5. The molecule has 8 nitrogen and oxygen atoms in total. The summed E-state index contributed by atoms with van der Waals surface area (Å²) >= 11 is 0. The molecule has 41 heavy (non-hydrogen) atoms. The lowest BCUT2D eigenvalue weighted by molar-refractivity contribution is -0.179. The molecule has 0 radical (unpaired) electrons. The van der Waals surface area contributed by atoms with Gasteiger partial charge in [-0.15, -0.1) is 0 Å². The number of rotatable bonds is 13. The summed E-state index contributed by atoms with van der Waals surface area (Å²) in [6.07, 6.45) is 1.84. The quantitative estimate of drug-likeness (QED) is 0.143. The molecule has 3 fully saturated rings. The Morgan fingerprint density at radius 3 is 1.83 bits per heavy atom. The third-order valence-electron chi connectivity index (χ3n) is 10.2. The largest absolute Gasteiger partial charge is 0.470 e. The Labute approximate surface area is 249 Å². The van der Waals surface area contributed by atoms with Gasteiger partial charge in [-0.2, -0.15) is 0 Å². The van der Waals surface area contributed by atoms with E-state index in [0.717, 1.165) is 6.42 Å². The molecular weight excluding hydrogens is 557 g/mol. The lowest BCUT2D eigenvalue weighted by Gasteiger charge is -2.43. The van der Waals surface area contributed by atoms with Crippen LogP contribution in [-0.4, -0.2) is 64.7 Å². The molecule has 0 spiro atoms. The van der Waals surface area contributed by atoms with Crippen molar-refractivity contribution in [1.29, 1.82) is 0 Å². The van der Waals surface area contributed by atoms with Gasteiger partial charge in [0.25, 0.3) is 0 Å². The molecule has 3 rings (SSSR count). The lowest BCUT2D eigenvalue weighted by atomic mass is 9.64. The van der Waals surface area contributed by atoms with E-state index >= 15 is 0 Å². The molecule has 234 valence electrons. The molecule has 0 aromatic rings. The summed E-state index contributed by atoms with van der Waals surface area (Å²) in [7, 11) is -2.33. The van der Waals surface area contributed by atoms with E-state index in [1.807, 2.05) is 20.8 Å². The van der Waals surface area contributed by atoms with Crippen LogP contribution in [0.15, 0.2) is 0 Å². The highest BCUT2D eigenvalue weighted by atomic mass is 28.4. The first-order chi connectivity index (χ1) is 18.7. The molecular formula is C31H54O8Si2. The molecule has 0 amide bonds. The Kier molecular flexibility index (Phi) is 9.43. The first-order valence-electron chi connectivity index (χ1n) is 15.4. The maximum Gasteiger partial charge on any atom is 0.312 e. The predicted molar refractivity (Wildman–Crippen MR) is 162 cm³/mol. The highest BCUT2D eigenvalue weighted by molar-refractivity contribution is 6.96. The third kappa shape index (κ3) is 6.48. The summed E-state index contributed by atoms with van der Waals surface area (Å²) in [5.74, 6) is -1.24. The molecule has 8 atom stereocenters. The van der Waals surface area contributed by atoms with E-state index in [4.69, 9.17) is 18.9 Å². The van der Waals surface area contributed by atoms with Gasteiger partial charge in [-0.3, -0.25) is 19.2 Å². The van der Waals surface area contributed by atoms with Crippen LogP contribution in [0.2, 0.25) is 39.3 Å². The number of carbonyl (C=O) groups excluding carboxylic acids is 4. The fourth-order valence-corrected chi connectivity index (χ4v) is 19.4. The van der Waals surface area contributed by atoms with E-state index in [-0.39, 0.29) is 47.9 Å². The first-order valence-corrected chi connectivity index (χ1v) is 22.5. The minimum atomic E-state index is -1.84. The number of ether oxygens (including phenoxy) is 4. The van der Waals surface area contributed by atoms with Crippen molar-refractivity contribution in [2.75, 3.05) is 7.11 Å². The van der Waals surface area contributed by atoms with Crippen LogP contribution in [0.25, 0.3) is 0 Å². The van der Waals surface area contributed by atoms with Crippen LogP contribution in [0.4, 0.5) is 0 Å². The van der Waals surface area contributed by atoms with Crippen molar-refractivity contribution in [3.63, 3.8) is 0 Å². The summed E-state index contributed by atoms with van der Waals surface area (Å²) in [6, 6.07) is 0. The summed E-state index contributed by atoms with van der Waals surface area (Å²) < 4.78 is 23.5. The second-order valence-electron chi connectivity index (χ2n) is 16.0. The molecule has 0 aromatic heterocycles. The van der Waals surface area contributed by atoms with E-state index in [1.54, 1.807) is 13.8 Å². The van der Waals surface area contributed by atoms with Crippen LogP contribution in [-0.2, 0) is 38.1 Å². The average Bonchev–Trinajstić information content (AvgIpc) is 3.50. The van der Waals surface area contributed by atoms with Crippen LogP contribution in [0.5, 0.6) is 0 Å². The van der Waals surface area contributed by atoms with Crippen LogP contribution < -0.4 is 0 Å². The van der Waals surface area contributed by atoms with Crippen LogP contribution >= 0.6 is 0 Å². The Bertz CT molecular complexity index is 1030. The van der Waals surface area contributed by atoms with E-state index in [2.05, 4.69) is 39.3 Å². The molecule has 0 N–H and O–H groups in total. The molecule has 1 aliphatic heterocycles. The fraction of sp³-hybridized carbons (Fsp3) is 0.871. The van der Waals surface area contributed by atoms with E-state index in [0.29, 0.717) is 19.3 Å². The summed E-state index contributed by atoms with van der Waals surface area (Å²) in [5, 5.41) is -0.0819. The highest BCUT2D eigenvalue weighted by Gasteiger charge is 2.64. The Morgan fingerprint density at radius 2 is 1.37 bits per heavy atom. The van der Waals surface area contributed by atoms with Gasteiger partial charge in [0.1, 0.15) is 12.2 Å². The van der Waals surface area contributed by atoms with Gasteiger partial charge in [-0.25, -0.2) is 0 Å². The third-order valence-corrected chi connectivity index (χ3v) is 18.8. The van der Waals surface area contributed by atoms with E-state index < -0.39 is 56.5 Å². The lowest BCUT2D eigenvalue weighted by Crippen LogP contribution is -2.57. The van der Waals surface area contributed by atoms with Crippen molar-refractivity contribution in [3.05, 3.63) is 0 Å². The number of fused-ring (bicyclic) bond motifs is 1. The van der Waals surface area contributed by atoms with Crippen LogP contribution in [0.1, 0.15) is 73.1 Å². The van der Waals surface area contributed by atoms with Gasteiger partial charge in [-0.05, 0) is 59.3 Å². The monoisotopic (exact) mass is 610 g/mol. The zero-order valence-corrected chi connectivity index (χ0v) is 29.5. The van der Waals surface area contributed by atoms with Gasteiger partial charge in [-0.1, -0.05) is 53.1 Å².